The Morgan fingerprint density at radius 1 is 0.941 bits per heavy atom. The molecule has 0 saturated carbocycles. The van der Waals surface area contributed by atoms with E-state index in [1.54, 1.807) is 24.3 Å². The van der Waals surface area contributed by atoms with Gasteiger partial charge in [-0.2, -0.15) is 0 Å². The predicted octanol–water partition coefficient (Wildman–Crippen LogP) is 2.48. The number of hydrogen-bond donors (Lipinski definition) is 0. The van der Waals surface area contributed by atoms with Gasteiger partial charge in [-0.25, -0.2) is 0 Å². The molecule has 2 saturated heterocycles. The molecule has 2 atom stereocenters. The van der Waals surface area contributed by atoms with E-state index in [4.69, 9.17) is 4.74 Å². The first-order chi connectivity index (χ1) is 16.3. The standard InChI is InChI=1S/C26H40N4O4/c1-5-28(6-2)24(31)18-27-14-16-29(17-15-27)26(33)22-10-12-23(13-11-22)34-19-25(32)30-20(3)8-7-9-21(30)4/h10-13,20-21H,5-9,14-19H2,1-4H3. The van der Waals surface area contributed by atoms with Crippen LogP contribution in [0.25, 0.3) is 0 Å². The van der Waals surface area contributed by atoms with Crippen molar-refractivity contribution < 1.29 is 19.1 Å². The zero-order chi connectivity index (χ0) is 24.7. The molecular weight excluding hydrogens is 432 g/mol. The number of benzene rings is 1. The van der Waals surface area contributed by atoms with Crippen molar-refractivity contribution in [3.8, 4) is 5.75 Å². The minimum Gasteiger partial charge on any atom is -0.484 e. The van der Waals surface area contributed by atoms with Gasteiger partial charge in [0.05, 0.1) is 6.54 Å². The Balaban J connectivity index is 1.46. The van der Waals surface area contributed by atoms with E-state index >= 15 is 0 Å². The van der Waals surface area contributed by atoms with Crippen LogP contribution in [-0.4, -0.2) is 102 Å². The van der Waals surface area contributed by atoms with Gasteiger partial charge >= 0.3 is 0 Å². The van der Waals surface area contributed by atoms with Crippen LogP contribution in [0.1, 0.15) is 57.3 Å². The van der Waals surface area contributed by atoms with E-state index in [9.17, 15) is 14.4 Å². The number of piperazine rings is 1. The molecule has 2 aliphatic heterocycles. The second kappa shape index (κ2) is 12.2. The fraction of sp³-hybridized carbons (Fsp3) is 0.654. The highest BCUT2D eigenvalue weighted by Gasteiger charge is 2.29. The van der Waals surface area contributed by atoms with Crippen LogP contribution in [0.3, 0.4) is 0 Å². The van der Waals surface area contributed by atoms with Crippen LogP contribution in [0.15, 0.2) is 24.3 Å². The molecule has 3 amide bonds. The highest BCUT2D eigenvalue weighted by molar-refractivity contribution is 5.94. The summed E-state index contributed by atoms with van der Waals surface area (Å²) in [5, 5.41) is 0. The van der Waals surface area contributed by atoms with Crippen molar-refractivity contribution in [2.45, 2.75) is 59.0 Å². The minimum absolute atomic E-state index is 0.0101. The fourth-order valence-corrected chi connectivity index (χ4v) is 4.99. The molecule has 0 bridgehead atoms. The van der Waals surface area contributed by atoms with Crippen LogP contribution < -0.4 is 4.74 Å². The number of likely N-dealkylation sites (tertiary alicyclic amines) is 1. The molecule has 0 aliphatic carbocycles. The molecule has 0 aromatic heterocycles. The lowest BCUT2D eigenvalue weighted by molar-refractivity contribution is -0.139. The number of rotatable bonds is 8. The number of carbonyl (C=O) groups is 3. The normalized spacial score (nSPS) is 21.3. The number of hydrogen-bond acceptors (Lipinski definition) is 5. The Hall–Kier alpha value is -2.61. The highest BCUT2D eigenvalue weighted by Crippen LogP contribution is 2.23. The van der Waals surface area contributed by atoms with Crippen molar-refractivity contribution in [3.05, 3.63) is 29.8 Å². The van der Waals surface area contributed by atoms with Crippen molar-refractivity contribution in [3.63, 3.8) is 0 Å². The maximum Gasteiger partial charge on any atom is 0.260 e. The van der Waals surface area contributed by atoms with E-state index < -0.39 is 0 Å². The van der Waals surface area contributed by atoms with Gasteiger partial charge in [0.2, 0.25) is 5.91 Å². The largest absolute Gasteiger partial charge is 0.484 e. The summed E-state index contributed by atoms with van der Waals surface area (Å²) in [6, 6.07) is 7.51. The van der Waals surface area contributed by atoms with E-state index in [2.05, 4.69) is 18.7 Å². The van der Waals surface area contributed by atoms with Crippen LogP contribution in [0.2, 0.25) is 0 Å². The van der Waals surface area contributed by atoms with Gasteiger partial charge in [0.25, 0.3) is 11.8 Å². The molecule has 0 radical (unpaired) electrons. The van der Waals surface area contributed by atoms with Gasteiger partial charge in [0, 0.05) is 56.9 Å². The maximum atomic E-state index is 12.9. The van der Waals surface area contributed by atoms with Gasteiger partial charge in [0.15, 0.2) is 6.61 Å². The molecule has 0 spiro atoms. The topological polar surface area (TPSA) is 73.4 Å². The molecule has 8 nitrogen and oxygen atoms in total. The fourth-order valence-electron chi connectivity index (χ4n) is 4.99. The first-order valence-electron chi connectivity index (χ1n) is 12.7. The first-order valence-corrected chi connectivity index (χ1v) is 12.7. The molecule has 34 heavy (non-hydrogen) atoms. The monoisotopic (exact) mass is 472 g/mol. The van der Waals surface area contributed by atoms with Crippen LogP contribution >= 0.6 is 0 Å². The third-order valence-corrected chi connectivity index (χ3v) is 7.08. The number of carbonyl (C=O) groups excluding carboxylic acids is 3. The number of amides is 3. The summed E-state index contributed by atoms with van der Waals surface area (Å²) in [5.74, 6) is 0.718. The minimum atomic E-state index is -0.0201. The summed E-state index contributed by atoms with van der Waals surface area (Å²) in [7, 11) is 0. The zero-order valence-corrected chi connectivity index (χ0v) is 21.2. The second-order valence-electron chi connectivity index (χ2n) is 9.38. The molecule has 188 valence electrons. The maximum absolute atomic E-state index is 12.9. The Morgan fingerprint density at radius 3 is 2.09 bits per heavy atom. The van der Waals surface area contributed by atoms with Crippen molar-refractivity contribution in [2.75, 3.05) is 52.4 Å². The lowest BCUT2D eigenvalue weighted by atomic mass is 9.97. The van der Waals surface area contributed by atoms with Gasteiger partial charge in [-0.1, -0.05) is 0 Å². The molecule has 1 aromatic carbocycles. The summed E-state index contributed by atoms with van der Waals surface area (Å²) in [6.07, 6.45) is 3.23. The van der Waals surface area contributed by atoms with Crippen LogP contribution in [0.5, 0.6) is 5.75 Å². The molecule has 2 aliphatic rings. The average Bonchev–Trinajstić information content (AvgIpc) is 2.84. The highest BCUT2D eigenvalue weighted by atomic mass is 16.5. The van der Waals surface area contributed by atoms with Crippen molar-refractivity contribution in [2.24, 2.45) is 0 Å². The van der Waals surface area contributed by atoms with Gasteiger partial charge in [0.1, 0.15) is 5.75 Å². The molecular formula is C26H40N4O4. The van der Waals surface area contributed by atoms with Gasteiger partial charge in [-0.15, -0.1) is 0 Å². The average molecular weight is 473 g/mol. The molecule has 2 heterocycles. The number of likely N-dealkylation sites (N-methyl/N-ethyl adjacent to an activating group) is 1. The third-order valence-electron chi connectivity index (χ3n) is 7.08. The zero-order valence-electron chi connectivity index (χ0n) is 21.2. The number of piperidine rings is 1. The van der Waals surface area contributed by atoms with Crippen molar-refractivity contribution in [1.29, 1.82) is 0 Å². The molecule has 8 heteroatoms. The van der Waals surface area contributed by atoms with E-state index in [1.165, 1.54) is 0 Å². The predicted molar refractivity (Wildman–Crippen MR) is 132 cm³/mol. The van der Waals surface area contributed by atoms with E-state index in [-0.39, 0.29) is 36.4 Å². The lowest BCUT2D eigenvalue weighted by Crippen LogP contribution is -2.51. The van der Waals surface area contributed by atoms with Gasteiger partial charge in [-0.05, 0) is 71.2 Å². The molecule has 3 rings (SSSR count). The van der Waals surface area contributed by atoms with E-state index in [1.807, 2.05) is 28.5 Å². The smallest absolute Gasteiger partial charge is 0.260 e. The van der Waals surface area contributed by atoms with Crippen LogP contribution in [0, 0.1) is 0 Å². The Morgan fingerprint density at radius 2 is 1.53 bits per heavy atom. The number of nitrogens with zero attached hydrogens (tertiary/aromatic N) is 4. The van der Waals surface area contributed by atoms with Crippen LogP contribution in [0.4, 0.5) is 0 Å². The molecule has 1 aromatic rings. The third kappa shape index (κ3) is 6.50. The Bertz CT molecular complexity index is 822. The quantitative estimate of drug-likeness (QED) is 0.581. The van der Waals surface area contributed by atoms with Crippen LogP contribution in [-0.2, 0) is 9.59 Å². The van der Waals surface area contributed by atoms with E-state index in [0.29, 0.717) is 44.0 Å². The SMILES string of the molecule is CCN(CC)C(=O)CN1CCN(C(=O)c2ccc(OCC(=O)N3C(C)CCCC3C)cc2)CC1. The lowest BCUT2D eigenvalue weighted by Gasteiger charge is -2.39. The summed E-state index contributed by atoms with van der Waals surface area (Å²) >= 11 is 0. The Kier molecular flexibility index (Phi) is 9.33. The molecule has 2 unspecified atom stereocenters. The molecule has 0 N–H and O–H groups in total. The summed E-state index contributed by atoms with van der Waals surface area (Å²) in [6.45, 7) is 12.6. The molecule has 2 fully saturated rings. The van der Waals surface area contributed by atoms with Crippen molar-refractivity contribution >= 4 is 17.7 Å². The van der Waals surface area contributed by atoms with E-state index in [0.717, 1.165) is 32.4 Å². The second-order valence-corrected chi connectivity index (χ2v) is 9.38. The summed E-state index contributed by atoms with van der Waals surface area (Å²) < 4.78 is 5.73. The summed E-state index contributed by atoms with van der Waals surface area (Å²) in [5.41, 5.74) is 0.601. The van der Waals surface area contributed by atoms with Gasteiger partial charge < -0.3 is 19.4 Å². The summed E-state index contributed by atoms with van der Waals surface area (Å²) in [4.78, 5) is 45.6. The van der Waals surface area contributed by atoms with Gasteiger partial charge in [-0.3, -0.25) is 19.3 Å². The van der Waals surface area contributed by atoms with Crippen molar-refractivity contribution in [1.82, 2.24) is 19.6 Å². The first kappa shape index (κ1) is 26.0. The number of ether oxygens (including phenoxy) is 1. The Labute approximate surface area is 203 Å².